The molecule has 0 atom stereocenters. The van der Waals surface area contributed by atoms with Crippen LogP contribution in [0.1, 0.15) is 5.82 Å². The van der Waals surface area contributed by atoms with Crippen molar-refractivity contribution in [2.24, 2.45) is 0 Å². The third-order valence-corrected chi connectivity index (χ3v) is 3.20. The lowest BCUT2D eigenvalue weighted by Gasteiger charge is -2.17. The second-order valence-electron chi connectivity index (χ2n) is 4.10. The fourth-order valence-electron chi connectivity index (χ4n) is 1.57. The van der Waals surface area contributed by atoms with Crippen LogP contribution in [-0.4, -0.2) is 35.2 Å². The van der Waals surface area contributed by atoms with Gasteiger partial charge in [-0.2, -0.15) is 5.10 Å². The summed E-state index contributed by atoms with van der Waals surface area (Å²) in [5, 5.41) is 6.16. The highest BCUT2D eigenvalue weighted by Gasteiger charge is 2.05. The molecule has 1 heterocycles. The summed E-state index contributed by atoms with van der Waals surface area (Å²) in [5.41, 5.74) is 0.755. The number of nitrogens with zero attached hydrogens (tertiary/aromatic N) is 2. The SMILES string of the molecule is CN(C)c1ccccc1OCSCc1n[nH]c(=O)[nH]1. The zero-order valence-corrected chi connectivity index (χ0v) is 11.7. The first-order valence-electron chi connectivity index (χ1n) is 5.77. The van der Waals surface area contributed by atoms with Crippen LogP contribution in [0, 0.1) is 0 Å². The Labute approximate surface area is 115 Å². The van der Waals surface area contributed by atoms with Gasteiger partial charge in [0.15, 0.2) is 0 Å². The van der Waals surface area contributed by atoms with Gasteiger partial charge >= 0.3 is 5.69 Å². The van der Waals surface area contributed by atoms with E-state index in [1.807, 2.05) is 43.3 Å². The summed E-state index contributed by atoms with van der Waals surface area (Å²) in [5.74, 6) is 2.57. The quantitative estimate of drug-likeness (QED) is 0.618. The maximum absolute atomic E-state index is 10.8. The van der Waals surface area contributed by atoms with Crippen LogP contribution in [0.25, 0.3) is 0 Å². The number of aromatic nitrogens is 3. The molecule has 0 bridgehead atoms. The summed E-state index contributed by atoms with van der Waals surface area (Å²) in [7, 11) is 3.95. The molecule has 6 nitrogen and oxygen atoms in total. The topological polar surface area (TPSA) is 74.0 Å². The molecule has 1 aromatic carbocycles. The van der Waals surface area contributed by atoms with E-state index in [1.54, 1.807) is 11.8 Å². The number of rotatable bonds is 6. The van der Waals surface area contributed by atoms with Crippen molar-refractivity contribution < 1.29 is 4.74 Å². The number of anilines is 1. The molecule has 0 amide bonds. The lowest BCUT2D eigenvalue weighted by Crippen LogP contribution is -2.10. The molecule has 0 saturated heterocycles. The first-order chi connectivity index (χ1) is 9.16. The first kappa shape index (κ1) is 13.5. The summed E-state index contributed by atoms with van der Waals surface area (Å²) in [6.45, 7) is 0. The number of nitrogens with one attached hydrogen (secondary N) is 2. The van der Waals surface area contributed by atoms with Gasteiger partial charge in [0.25, 0.3) is 0 Å². The standard InChI is InChI=1S/C12H16N4O2S/c1-16(2)9-5-3-4-6-10(9)18-8-19-7-11-13-12(17)15-14-11/h3-6H,7-8H2,1-2H3,(H2,13,14,15,17). The van der Waals surface area contributed by atoms with E-state index >= 15 is 0 Å². The van der Waals surface area contributed by atoms with Crippen LogP contribution in [0.2, 0.25) is 0 Å². The number of thioether (sulfide) groups is 1. The second-order valence-corrected chi connectivity index (χ2v) is 5.03. The maximum atomic E-state index is 10.8. The average molecular weight is 280 g/mol. The molecular formula is C12H16N4O2S. The predicted octanol–water partition coefficient (Wildman–Crippen LogP) is 1.43. The molecule has 0 aliphatic carbocycles. The van der Waals surface area contributed by atoms with E-state index in [0.29, 0.717) is 17.5 Å². The van der Waals surface area contributed by atoms with Crippen molar-refractivity contribution in [2.45, 2.75) is 5.75 Å². The van der Waals surface area contributed by atoms with Gasteiger partial charge in [0, 0.05) is 14.1 Å². The number of hydrogen-bond donors (Lipinski definition) is 2. The number of ether oxygens (including phenoxy) is 1. The highest BCUT2D eigenvalue weighted by Crippen LogP contribution is 2.26. The molecular weight excluding hydrogens is 264 g/mol. The normalized spacial score (nSPS) is 10.4. The molecule has 0 aliphatic heterocycles. The smallest absolute Gasteiger partial charge is 0.340 e. The van der Waals surface area contributed by atoms with Gasteiger partial charge in [0.2, 0.25) is 0 Å². The van der Waals surface area contributed by atoms with Crippen molar-refractivity contribution in [3.63, 3.8) is 0 Å². The summed E-state index contributed by atoms with van der Waals surface area (Å²) in [4.78, 5) is 15.4. The molecule has 7 heteroatoms. The number of H-pyrrole nitrogens is 2. The summed E-state index contributed by atoms with van der Waals surface area (Å²) < 4.78 is 5.72. The van der Waals surface area contributed by atoms with Gasteiger partial charge in [0.1, 0.15) is 17.5 Å². The van der Waals surface area contributed by atoms with Crippen LogP contribution >= 0.6 is 11.8 Å². The van der Waals surface area contributed by atoms with E-state index in [-0.39, 0.29) is 5.69 Å². The van der Waals surface area contributed by atoms with E-state index in [9.17, 15) is 4.79 Å². The lowest BCUT2D eigenvalue weighted by atomic mass is 10.3. The number of hydrogen-bond acceptors (Lipinski definition) is 5. The molecule has 19 heavy (non-hydrogen) atoms. The summed E-state index contributed by atoms with van der Waals surface area (Å²) in [6.07, 6.45) is 0. The van der Waals surface area contributed by atoms with Crippen LogP contribution in [0.15, 0.2) is 29.1 Å². The maximum Gasteiger partial charge on any atom is 0.340 e. The molecule has 2 aromatic rings. The van der Waals surface area contributed by atoms with E-state index in [4.69, 9.17) is 4.74 Å². The van der Waals surface area contributed by atoms with Gasteiger partial charge in [-0.15, -0.1) is 11.8 Å². The lowest BCUT2D eigenvalue weighted by molar-refractivity contribution is 0.393. The van der Waals surface area contributed by atoms with Gasteiger partial charge in [0.05, 0.1) is 11.4 Å². The Balaban J connectivity index is 1.84. The fourth-order valence-corrected chi connectivity index (χ4v) is 2.19. The molecule has 0 fully saturated rings. The minimum absolute atomic E-state index is 0.283. The molecule has 0 aliphatic rings. The van der Waals surface area contributed by atoms with Gasteiger partial charge in [-0.05, 0) is 12.1 Å². The van der Waals surface area contributed by atoms with Crippen molar-refractivity contribution in [1.82, 2.24) is 15.2 Å². The molecule has 2 rings (SSSR count). The van der Waals surface area contributed by atoms with Gasteiger partial charge in [-0.3, -0.25) is 4.98 Å². The molecule has 0 unspecified atom stereocenters. The Morgan fingerprint density at radius 1 is 1.37 bits per heavy atom. The fraction of sp³-hybridized carbons (Fsp3) is 0.333. The Morgan fingerprint density at radius 2 is 2.16 bits per heavy atom. The van der Waals surface area contributed by atoms with Crippen molar-refractivity contribution >= 4 is 17.4 Å². The zero-order chi connectivity index (χ0) is 13.7. The predicted molar refractivity (Wildman–Crippen MR) is 76.8 cm³/mol. The van der Waals surface area contributed by atoms with Crippen LogP contribution in [-0.2, 0) is 5.75 Å². The van der Waals surface area contributed by atoms with Crippen molar-refractivity contribution in [3.8, 4) is 5.75 Å². The minimum Gasteiger partial charge on any atom is -0.481 e. The van der Waals surface area contributed by atoms with E-state index < -0.39 is 0 Å². The van der Waals surface area contributed by atoms with Crippen LogP contribution in [0.4, 0.5) is 5.69 Å². The third kappa shape index (κ3) is 3.78. The molecule has 0 radical (unpaired) electrons. The Kier molecular flexibility index (Phi) is 4.51. The molecule has 1 aromatic heterocycles. The average Bonchev–Trinajstić information content (AvgIpc) is 2.81. The van der Waals surface area contributed by atoms with Crippen molar-refractivity contribution in [1.29, 1.82) is 0 Å². The van der Waals surface area contributed by atoms with Crippen molar-refractivity contribution in [2.75, 3.05) is 24.9 Å². The highest BCUT2D eigenvalue weighted by atomic mass is 32.2. The van der Waals surface area contributed by atoms with E-state index in [2.05, 4.69) is 15.2 Å². The van der Waals surface area contributed by atoms with Crippen molar-refractivity contribution in [3.05, 3.63) is 40.6 Å². The van der Waals surface area contributed by atoms with Crippen LogP contribution in [0.3, 0.4) is 0 Å². The van der Waals surface area contributed by atoms with E-state index in [1.165, 1.54) is 0 Å². The number of para-hydroxylation sites is 2. The molecule has 2 N–H and O–H groups in total. The first-order valence-corrected chi connectivity index (χ1v) is 6.93. The van der Waals surface area contributed by atoms with Gasteiger partial charge in [-0.25, -0.2) is 9.89 Å². The largest absolute Gasteiger partial charge is 0.481 e. The van der Waals surface area contributed by atoms with Crippen LogP contribution in [0.5, 0.6) is 5.75 Å². The summed E-state index contributed by atoms with van der Waals surface area (Å²) in [6, 6.07) is 7.86. The molecule has 0 saturated carbocycles. The van der Waals surface area contributed by atoms with Gasteiger partial charge < -0.3 is 9.64 Å². The second kappa shape index (κ2) is 6.33. The number of aromatic amines is 2. The minimum atomic E-state index is -0.283. The van der Waals surface area contributed by atoms with E-state index in [0.717, 1.165) is 11.4 Å². The Morgan fingerprint density at radius 3 is 2.84 bits per heavy atom. The Bertz CT molecular complexity index is 579. The number of benzene rings is 1. The zero-order valence-electron chi connectivity index (χ0n) is 10.8. The van der Waals surface area contributed by atoms with Crippen LogP contribution < -0.4 is 15.3 Å². The van der Waals surface area contributed by atoms with Gasteiger partial charge in [-0.1, -0.05) is 12.1 Å². The third-order valence-electron chi connectivity index (χ3n) is 2.43. The Hall–Kier alpha value is -1.89. The molecule has 102 valence electrons. The summed E-state index contributed by atoms with van der Waals surface area (Å²) >= 11 is 1.54. The molecule has 0 spiro atoms. The monoisotopic (exact) mass is 280 g/mol. The highest BCUT2D eigenvalue weighted by molar-refractivity contribution is 7.98.